The number of nitrogen functional groups attached to an aromatic ring is 5. The number of fused-ring (bicyclic) bond motifs is 2. The molecule has 0 saturated carbocycles. The number of H-pyrrole nitrogens is 2. The fourth-order valence-corrected chi connectivity index (χ4v) is 7.80. The Hall–Kier alpha value is -9.10. The molecule has 0 atom stereocenters. The Morgan fingerprint density at radius 3 is 1.54 bits per heavy atom. The molecule has 0 radical (unpaired) electrons. The number of hydrogen-bond donors (Lipinski definition) is 8. The number of carbonyl (C=O) groups is 4. The normalized spacial score (nSPS) is 11.7. The van der Waals surface area contributed by atoms with Crippen LogP contribution in [0.15, 0.2) is 87.4 Å². The van der Waals surface area contributed by atoms with Crippen LogP contribution < -0.4 is 33.6 Å². The number of aryl methyl sites for hydroxylation is 2. The first-order valence-corrected chi connectivity index (χ1v) is 25.4. The summed E-state index contributed by atoms with van der Waals surface area (Å²) < 4.78 is 10.2. The number of nitrogens with one attached hydrogen (secondary N) is 2. The number of aromatic carboxylic acids is 1. The summed E-state index contributed by atoms with van der Waals surface area (Å²) in [5, 5.41) is 8.49. The van der Waals surface area contributed by atoms with Gasteiger partial charge in [-0.05, 0) is 103 Å². The van der Waals surface area contributed by atoms with E-state index in [0.717, 1.165) is 59.5 Å². The molecular formula is C48H50Br3N21O7. The topological polar surface area (TPSA) is 430 Å². The zero-order chi connectivity index (χ0) is 57.5. The lowest BCUT2D eigenvalue weighted by molar-refractivity contribution is -0.128. The van der Waals surface area contributed by atoms with E-state index in [1.165, 1.54) is 44.6 Å². The van der Waals surface area contributed by atoms with E-state index in [4.69, 9.17) is 38.8 Å². The number of carboxylic acids is 1. The van der Waals surface area contributed by atoms with Crippen LogP contribution in [0.5, 0.6) is 0 Å². The lowest BCUT2D eigenvalue weighted by atomic mass is 10.2. The van der Waals surface area contributed by atoms with Crippen LogP contribution in [0, 0.1) is 13.8 Å². The Morgan fingerprint density at radius 1 is 0.557 bits per heavy atom. The molecule has 410 valence electrons. The number of imidazole rings is 2. The van der Waals surface area contributed by atoms with Crippen molar-refractivity contribution in [2.24, 2.45) is 0 Å². The van der Waals surface area contributed by atoms with Crippen LogP contribution in [0.25, 0.3) is 45.1 Å². The minimum Gasteiger partial charge on any atom is -0.476 e. The van der Waals surface area contributed by atoms with E-state index in [1.54, 1.807) is 19.3 Å². The standard InChI is InChI=1S/C19H23N7O.C12H10BrN5.C6H6BrN3O2.C6H7N3O2.C5H4BrN3O2/c1-12-4-5-14-15(10-12)23-19(22-14)17-18(20)21-11-16(24-17)26-7-3-6-25(8-9-26)13(2)27;1-6-2-3-7-8(4-6)17-12(16-7)10-11(14)15-5-9(13)18-10;1-12-6(11)4-5(8)9-2-3(7)10-4;1-11-6(10)4-5(7)9-3-2-8-4;6-2-1-8-4(7)3(9-2)5(10)11/h4-5,10-11H,3,6-9H2,1-2H3,(H2,20,21)(H,22,23);2-5H,1H3,(H2,14,15)(H,16,17);2H,1H3,(H2,8,9);2-3H,1H3,(H2,7,9);1H,(H2,7,8)(H,10,11). The lowest BCUT2D eigenvalue weighted by Gasteiger charge is -2.22. The van der Waals surface area contributed by atoms with Crippen LogP contribution >= 0.6 is 47.8 Å². The number of methoxy groups -OCH3 is 2. The average Bonchev–Trinajstić information content (AvgIpc) is 4.04. The number of halogens is 3. The van der Waals surface area contributed by atoms with Crippen molar-refractivity contribution in [3.05, 3.63) is 116 Å². The molecular weight excluding hydrogens is 1220 g/mol. The third-order valence-corrected chi connectivity index (χ3v) is 11.9. The molecule has 7 aromatic heterocycles. The number of carbonyl (C=O) groups excluding carboxylic acids is 3. The van der Waals surface area contributed by atoms with E-state index in [-0.39, 0.29) is 40.4 Å². The van der Waals surface area contributed by atoms with Crippen LogP contribution in [-0.4, -0.2) is 144 Å². The fourth-order valence-electron chi connectivity index (χ4n) is 6.96. The van der Waals surface area contributed by atoms with Gasteiger partial charge in [0, 0.05) is 45.5 Å². The van der Waals surface area contributed by atoms with Gasteiger partial charge in [-0.25, -0.2) is 74.2 Å². The molecule has 2 aromatic carbocycles. The highest BCUT2D eigenvalue weighted by molar-refractivity contribution is 9.11. The molecule has 1 aliphatic rings. The van der Waals surface area contributed by atoms with E-state index in [2.05, 4.69) is 127 Å². The summed E-state index contributed by atoms with van der Waals surface area (Å²) in [6, 6.07) is 12.1. The summed E-state index contributed by atoms with van der Waals surface area (Å²) in [5.74, 6) is 0.506. The summed E-state index contributed by atoms with van der Waals surface area (Å²) in [5.41, 5.74) is 34.8. The molecule has 1 amide bonds. The molecule has 0 aliphatic carbocycles. The van der Waals surface area contributed by atoms with Crippen molar-refractivity contribution in [3.63, 3.8) is 0 Å². The summed E-state index contributed by atoms with van der Waals surface area (Å²) in [4.78, 5) is 103. The number of carboxylic acid groups (broad SMARTS) is 1. The second-order valence-electron chi connectivity index (χ2n) is 16.4. The van der Waals surface area contributed by atoms with Crippen LogP contribution in [0.4, 0.5) is 34.9 Å². The Morgan fingerprint density at radius 2 is 1.03 bits per heavy atom. The molecule has 8 heterocycles. The van der Waals surface area contributed by atoms with Gasteiger partial charge in [0.15, 0.2) is 63.5 Å². The lowest BCUT2D eigenvalue weighted by Crippen LogP contribution is -2.34. The predicted molar refractivity (Wildman–Crippen MR) is 304 cm³/mol. The van der Waals surface area contributed by atoms with Crippen molar-refractivity contribution in [3.8, 4) is 23.0 Å². The number of benzene rings is 2. The van der Waals surface area contributed by atoms with Crippen molar-refractivity contribution in [1.82, 2.24) is 74.7 Å². The van der Waals surface area contributed by atoms with Gasteiger partial charge in [0.05, 0.1) is 61.1 Å². The van der Waals surface area contributed by atoms with E-state index in [0.29, 0.717) is 55.0 Å². The number of rotatable bonds is 6. The number of ether oxygens (including phenoxy) is 2. The summed E-state index contributed by atoms with van der Waals surface area (Å²) >= 11 is 9.31. The van der Waals surface area contributed by atoms with Crippen LogP contribution in [0.1, 0.15) is 55.9 Å². The molecule has 13 N–H and O–H groups in total. The number of hydrogen-bond acceptors (Lipinski definition) is 24. The summed E-state index contributed by atoms with van der Waals surface area (Å²) in [6.45, 7) is 8.68. The van der Waals surface area contributed by atoms with Crippen molar-refractivity contribution >= 4 is 129 Å². The minimum absolute atomic E-state index is 0.0203. The highest BCUT2D eigenvalue weighted by Gasteiger charge is 2.21. The van der Waals surface area contributed by atoms with Gasteiger partial charge in [0.1, 0.15) is 25.3 Å². The van der Waals surface area contributed by atoms with Crippen molar-refractivity contribution in [2.45, 2.75) is 27.2 Å². The van der Waals surface area contributed by atoms with E-state index in [9.17, 15) is 19.2 Å². The number of anilines is 6. The molecule has 31 heteroatoms. The van der Waals surface area contributed by atoms with Crippen molar-refractivity contribution in [1.29, 1.82) is 0 Å². The number of nitrogens with zero attached hydrogens (tertiary/aromatic N) is 14. The van der Waals surface area contributed by atoms with E-state index < -0.39 is 17.9 Å². The number of amides is 1. The maximum Gasteiger partial charge on any atom is 0.360 e. The van der Waals surface area contributed by atoms with Gasteiger partial charge in [-0.2, -0.15) is 0 Å². The van der Waals surface area contributed by atoms with Crippen LogP contribution in [-0.2, 0) is 14.3 Å². The van der Waals surface area contributed by atoms with Gasteiger partial charge in [0.2, 0.25) is 5.91 Å². The molecule has 79 heavy (non-hydrogen) atoms. The number of aromatic amines is 2. The van der Waals surface area contributed by atoms with Crippen molar-refractivity contribution < 1.29 is 33.8 Å². The molecule has 9 aromatic rings. The highest BCUT2D eigenvalue weighted by atomic mass is 79.9. The number of esters is 2. The summed E-state index contributed by atoms with van der Waals surface area (Å²) in [6.07, 6.45) is 9.67. The van der Waals surface area contributed by atoms with E-state index in [1.807, 2.05) is 55.1 Å². The Kier molecular flexibility index (Phi) is 20.4. The fraction of sp³-hybridized carbons (Fsp3) is 0.208. The van der Waals surface area contributed by atoms with Gasteiger partial charge in [-0.3, -0.25) is 4.79 Å². The van der Waals surface area contributed by atoms with Gasteiger partial charge in [0.25, 0.3) is 0 Å². The maximum absolute atomic E-state index is 11.6. The van der Waals surface area contributed by atoms with Crippen LogP contribution in [0.2, 0.25) is 0 Å². The third-order valence-electron chi connectivity index (χ3n) is 10.8. The largest absolute Gasteiger partial charge is 0.476 e. The summed E-state index contributed by atoms with van der Waals surface area (Å²) in [7, 11) is 2.51. The Labute approximate surface area is 474 Å². The molecule has 0 unspecified atom stereocenters. The molecule has 28 nitrogen and oxygen atoms in total. The highest BCUT2D eigenvalue weighted by Crippen LogP contribution is 2.27. The minimum atomic E-state index is -1.18. The Balaban J connectivity index is 0.000000169. The van der Waals surface area contributed by atoms with Crippen LogP contribution in [0.3, 0.4) is 0 Å². The predicted octanol–water partition coefficient (Wildman–Crippen LogP) is 5.61. The molecule has 0 bridgehead atoms. The average molecular weight is 1270 g/mol. The quantitative estimate of drug-likeness (QED) is 0.0937. The second-order valence-corrected chi connectivity index (χ2v) is 18.8. The SMILES string of the molecule is CC(=O)N1CCCN(c2cnc(N)c(-c3nc4ccc(C)cc4[nH]3)n2)CC1.COC(=O)c1nc(Br)cnc1N.COC(=O)c1nccnc1N.Cc1ccc2nc(-c3nc(Br)cnc3N)[nH]c2c1.Nc1ncc(Br)nc1C(=O)O. The van der Waals surface area contributed by atoms with Gasteiger partial charge in [-0.15, -0.1) is 0 Å². The first-order valence-electron chi connectivity index (χ1n) is 23.0. The second kappa shape index (κ2) is 27.3. The molecule has 1 saturated heterocycles. The molecule has 0 spiro atoms. The maximum atomic E-state index is 11.6. The van der Waals surface area contributed by atoms with E-state index >= 15 is 0 Å². The van der Waals surface area contributed by atoms with Crippen molar-refractivity contribution in [2.75, 3.05) is 74.0 Å². The first-order chi connectivity index (χ1) is 37.6. The van der Waals surface area contributed by atoms with Gasteiger partial charge in [-0.1, -0.05) is 12.1 Å². The Bertz CT molecular complexity index is 3660. The first kappa shape index (κ1) is 59.1. The molecule has 1 fully saturated rings. The molecule has 10 rings (SSSR count). The zero-order valence-electron chi connectivity index (χ0n) is 42.6. The smallest absolute Gasteiger partial charge is 0.360 e. The number of nitrogens with two attached hydrogens (primary N) is 5. The number of aromatic nitrogens is 14. The van der Waals surface area contributed by atoms with Gasteiger partial charge >= 0.3 is 17.9 Å². The third kappa shape index (κ3) is 16.0. The molecule has 1 aliphatic heterocycles. The zero-order valence-corrected chi connectivity index (χ0v) is 47.4. The van der Waals surface area contributed by atoms with Gasteiger partial charge < -0.3 is 63.0 Å². The monoisotopic (exact) mass is 1270 g/mol.